The number of thioether (sulfide) groups is 1. The molecule has 2 aliphatic rings. The van der Waals surface area contributed by atoms with E-state index >= 15 is 0 Å². The number of amides is 2. The van der Waals surface area contributed by atoms with E-state index in [1.54, 1.807) is 6.07 Å². The van der Waals surface area contributed by atoms with Crippen LogP contribution < -0.4 is 10.6 Å². The van der Waals surface area contributed by atoms with Crippen LogP contribution >= 0.6 is 11.8 Å². The fraction of sp³-hybridized carbons (Fsp3) is 0.529. The Kier molecular flexibility index (Phi) is 4.14. The normalized spacial score (nSPS) is 26.8. The molecule has 3 heterocycles. The maximum atomic E-state index is 12.3. The van der Waals surface area contributed by atoms with Gasteiger partial charge in [0.15, 0.2) is 11.5 Å². The van der Waals surface area contributed by atoms with E-state index in [0.29, 0.717) is 17.2 Å². The van der Waals surface area contributed by atoms with Crippen molar-refractivity contribution in [1.29, 1.82) is 0 Å². The van der Waals surface area contributed by atoms with Crippen molar-refractivity contribution >= 4 is 34.6 Å². The van der Waals surface area contributed by atoms with Crippen molar-refractivity contribution in [2.24, 2.45) is 0 Å². The van der Waals surface area contributed by atoms with Gasteiger partial charge in [0.2, 0.25) is 0 Å². The molecule has 2 amide bonds. The summed E-state index contributed by atoms with van der Waals surface area (Å²) in [6, 6.07) is 5.46. The van der Waals surface area contributed by atoms with Gasteiger partial charge in [-0.3, -0.25) is 0 Å². The maximum absolute atomic E-state index is 12.3. The molecule has 6 nitrogen and oxygen atoms in total. The number of benzene rings is 1. The number of oxazole rings is 1. The number of urea groups is 1. The number of aromatic nitrogens is 1. The number of carbonyl (C=O) groups excluding carboxylic acids is 1. The highest BCUT2D eigenvalue weighted by atomic mass is 32.2. The minimum atomic E-state index is -0.182. The smallest absolute Gasteiger partial charge is 0.319 e. The Bertz CT molecular complexity index is 755. The molecule has 24 heavy (non-hydrogen) atoms. The van der Waals surface area contributed by atoms with E-state index in [0.717, 1.165) is 42.9 Å². The second-order valence-corrected chi connectivity index (χ2v) is 7.64. The van der Waals surface area contributed by atoms with Crippen LogP contribution in [0.2, 0.25) is 0 Å². The standard InChI is InChI=1S/C17H21N3O3S/c1-11-18-14-3-2-12(8-15(14)23-11)19-16(21)20-13-4-6-22-17(9-13)5-7-24-10-17/h2-3,8,13H,4-7,9-10H2,1H3,(H2,19,20,21)/t13-,17-/m0/s1. The van der Waals surface area contributed by atoms with Gasteiger partial charge in [0.1, 0.15) is 5.52 Å². The van der Waals surface area contributed by atoms with Crippen molar-refractivity contribution in [3.8, 4) is 0 Å². The average molecular weight is 347 g/mol. The van der Waals surface area contributed by atoms with Gasteiger partial charge < -0.3 is 19.8 Å². The Morgan fingerprint density at radius 2 is 2.38 bits per heavy atom. The molecule has 4 rings (SSSR count). The minimum absolute atomic E-state index is 0.0306. The van der Waals surface area contributed by atoms with E-state index in [2.05, 4.69) is 15.6 Å². The molecule has 2 saturated heterocycles. The van der Waals surface area contributed by atoms with Crippen molar-refractivity contribution in [3.63, 3.8) is 0 Å². The number of ether oxygens (including phenoxy) is 1. The Labute approximate surface area is 144 Å². The molecular formula is C17H21N3O3S. The largest absolute Gasteiger partial charge is 0.441 e. The number of fused-ring (bicyclic) bond motifs is 1. The molecule has 1 spiro atoms. The molecule has 0 saturated carbocycles. The molecule has 128 valence electrons. The number of nitrogens with zero attached hydrogens (tertiary/aromatic N) is 1. The van der Waals surface area contributed by atoms with E-state index < -0.39 is 0 Å². The first-order chi connectivity index (χ1) is 11.6. The number of rotatable bonds is 2. The van der Waals surface area contributed by atoms with Gasteiger partial charge in [-0.2, -0.15) is 11.8 Å². The van der Waals surface area contributed by atoms with Crippen LogP contribution in [0.5, 0.6) is 0 Å². The topological polar surface area (TPSA) is 76.4 Å². The predicted molar refractivity (Wildman–Crippen MR) is 94.5 cm³/mol. The zero-order valence-corrected chi connectivity index (χ0v) is 14.4. The van der Waals surface area contributed by atoms with Gasteiger partial charge in [0, 0.05) is 37.1 Å². The highest BCUT2D eigenvalue weighted by Crippen LogP contribution is 2.38. The summed E-state index contributed by atoms with van der Waals surface area (Å²) in [5.74, 6) is 2.80. The molecule has 0 bridgehead atoms. The Balaban J connectivity index is 1.38. The number of hydrogen-bond acceptors (Lipinski definition) is 5. The van der Waals surface area contributed by atoms with E-state index in [1.807, 2.05) is 30.8 Å². The molecule has 2 aromatic rings. The SMILES string of the molecule is Cc1nc2ccc(NC(=O)N[C@H]3CCO[C@@]4(CCSC4)C3)cc2o1. The lowest BCUT2D eigenvalue weighted by atomic mass is 9.90. The molecule has 1 aromatic carbocycles. The molecule has 2 N–H and O–H groups in total. The molecule has 0 radical (unpaired) electrons. The summed E-state index contributed by atoms with van der Waals surface area (Å²) in [6.07, 6.45) is 2.84. The summed E-state index contributed by atoms with van der Waals surface area (Å²) in [5.41, 5.74) is 2.15. The summed E-state index contributed by atoms with van der Waals surface area (Å²) in [4.78, 5) is 16.6. The van der Waals surface area contributed by atoms with Crippen LogP contribution in [0, 0.1) is 6.92 Å². The van der Waals surface area contributed by atoms with Crippen LogP contribution in [0.25, 0.3) is 11.1 Å². The number of aryl methyl sites for hydroxylation is 1. The van der Waals surface area contributed by atoms with Crippen LogP contribution in [0.1, 0.15) is 25.2 Å². The van der Waals surface area contributed by atoms with Gasteiger partial charge in [-0.05, 0) is 37.1 Å². The first kappa shape index (κ1) is 15.8. The second kappa shape index (κ2) is 6.29. The lowest BCUT2D eigenvalue weighted by molar-refractivity contribution is -0.0682. The van der Waals surface area contributed by atoms with Crippen LogP contribution in [0.3, 0.4) is 0 Å². The lowest BCUT2D eigenvalue weighted by Gasteiger charge is -2.37. The third-order valence-corrected chi connectivity index (χ3v) is 5.87. The van der Waals surface area contributed by atoms with Crippen molar-refractivity contribution in [2.75, 3.05) is 23.4 Å². The van der Waals surface area contributed by atoms with Crippen molar-refractivity contribution in [2.45, 2.75) is 37.8 Å². The molecule has 2 aliphatic heterocycles. The van der Waals surface area contributed by atoms with Gasteiger partial charge in [-0.15, -0.1) is 0 Å². The first-order valence-electron chi connectivity index (χ1n) is 8.28. The van der Waals surface area contributed by atoms with Crippen LogP contribution in [-0.4, -0.2) is 40.8 Å². The van der Waals surface area contributed by atoms with Crippen molar-refractivity contribution in [3.05, 3.63) is 24.1 Å². The highest BCUT2D eigenvalue weighted by molar-refractivity contribution is 7.99. The summed E-state index contributed by atoms with van der Waals surface area (Å²) in [6.45, 7) is 2.52. The number of nitrogens with one attached hydrogen (secondary N) is 2. The van der Waals surface area contributed by atoms with Crippen LogP contribution in [0.15, 0.2) is 22.6 Å². The molecule has 2 fully saturated rings. The Morgan fingerprint density at radius 3 is 3.21 bits per heavy atom. The van der Waals surface area contributed by atoms with Crippen LogP contribution in [0.4, 0.5) is 10.5 Å². The first-order valence-corrected chi connectivity index (χ1v) is 9.44. The highest BCUT2D eigenvalue weighted by Gasteiger charge is 2.40. The summed E-state index contributed by atoms with van der Waals surface area (Å²) < 4.78 is 11.5. The van der Waals surface area contributed by atoms with Crippen molar-refractivity contribution in [1.82, 2.24) is 10.3 Å². The Hall–Kier alpha value is -1.73. The van der Waals surface area contributed by atoms with Gasteiger partial charge in [0.25, 0.3) is 0 Å². The third kappa shape index (κ3) is 3.23. The fourth-order valence-corrected chi connectivity index (χ4v) is 4.86. The zero-order valence-electron chi connectivity index (χ0n) is 13.6. The average Bonchev–Trinajstić information content (AvgIpc) is 3.12. The molecule has 1 aromatic heterocycles. The van der Waals surface area contributed by atoms with E-state index in [1.165, 1.54) is 0 Å². The molecular weight excluding hydrogens is 326 g/mol. The van der Waals surface area contributed by atoms with Gasteiger partial charge in [-0.25, -0.2) is 9.78 Å². The summed E-state index contributed by atoms with van der Waals surface area (Å²) >= 11 is 1.94. The van der Waals surface area contributed by atoms with Gasteiger partial charge in [0.05, 0.1) is 5.60 Å². The monoisotopic (exact) mass is 347 g/mol. The van der Waals surface area contributed by atoms with Gasteiger partial charge >= 0.3 is 6.03 Å². The van der Waals surface area contributed by atoms with Crippen LogP contribution in [-0.2, 0) is 4.74 Å². The summed E-state index contributed by atoms with van der Waals surface area (Å²) in [7, 11) is 0. The van der Waals surface area contributed by atoms with E-state index in [9.17, 15) is 4.79 Å². The van der Waals surface area contributed by atoms with Crippen molar-refractivity contribution < 1.29 is 13.9 Å². The maximum Gasteiger partial charge on any atom is 0.319 e. The summed E-state index contributed by atoms with van der Waals surface area (Å²) in [5, 5.41) is 5.97. The fourth-order valence-electron chi connectivity index (χ4n) is 3.48. The quantitative estimate of drug-likeness (QED) is 0.871. The van der Waals surface area contributed by atoms with Gasteiger partial charge in [-0.1, -0.05) is 0 Å². The molecule has 0 aliphatic carbocycles. The third-order valence-electron chi connectivity index (χ3n) is 4.65. The lowest BCUT2D eigenvalue weighted by Crippen LogP contribution is -2.49. The predicted octanol–water partition coefficient (Wildman–Crippen LogP) is 3.31. The molecule has 2 atom stereocenters. The number of carbonyl (C=O) groups is 1. The number of hydrogen-bond donors (Lipinski definition) is 2. The van der Waals surface area contributed by atoms with E-state index in [4.69, 9.17) is 9.15 Å². The molecule has 0 unspecified atom stereocenters. The van der Waals surface area contributed by atoms with E-state index in [-0.39, 0.29) is 17.7 Å². The zero-order chi connectivity index (χ0) is 16.6. The number of anilines is 1. The molecule has 7 heteroatoms. The Morgan fingerprint density at radius 1 is 1.46 bits per heavy atom. The minimum Gasteiger partial charge on any atom is -0.441 e. The second-order valence-electron chi connectivity index (χ2n) is 6.54.